The topological polar surface area (TPSA) is 75.7 Å². The van der Waals surface area contributed by atoms with E-state index in [-0.39, 0.29) is 32.0 Å². The summed E-state index contributed by atoms with van der Waals surface area (Å²) in [5.41, 5.74) is 2.27. The molecule has 0 aromatic heterocycles. The maximum absolute atomic E-state index is 14.3. The summed E-state index contributed by atoms with van der Waals surface area (Å²) in [6.07, 6.45) is 3.01. The van der Waals surface area contributed by atoms with Crippen LogP contribution in [0, 0.1) is 5.82 Å². The van der Waals surface area contributed by atoms with Crippen LogP contribution >= 0.6 is 0 Å². The van der Waals surface area contributed by atoms with E-state index in [0.717, 1.165) is 17.7 Å². The van der Waals surface area contributed by atoms with Crippen LogP contribution in [0.4, 0.5) is 10.1 Å². The van der Waals surface area contributed by atoms with E-state index >= 15 is 0 Å². The van der Waals surface area contributed by atoms with Crippen molar-refractivity contribution in [3.8, 4) is 0 Å². The lowest BCUT2D eigenvalue weighted by atomic mass is 10.0. The van der Waals surface area contributed by atoms with Crippen LogP contribution in [0.3, 0.4) is 0 Å². The number of nitrogens with one attached hydrogen (secondary N) is 1. The Kier molecular flexibility index (Phi) is 7.02. The van der Waals surface area contributed by atoms with E-state index in [2.05, 4.69) is 19.2 Å². The third-order valence-corrected chi connectivity index (χ3v) is 6.73. The average molecular weight is 433 g/mol. The van der Waals surface area contributed by atoms with Gasteiger partial charge in [0.05, 0.1) is 13.2 Å². The van der Waals surface area contributed by atoms with E-state index in [4.69, 9.17) is 4.74 Å². The quantitative estimate of drug-likeness (QED) is 0.708. The fourth-order valence-electron chi connectivity index (χ4n) is 3.05. The van der Waals surface area contributed by atoms with Crippen LogP contribution in [0.15, 0.2) is 53.4 Å². The first-order chi connectivity index (χ1) is 14.3. The fourth-order valence-corrected chi connectivity index (χ4v) is 4.55. The average Bonchev–Trinajstić information content (AvgIpc) is 2.74. The third kappa shape index (κ3) is 5.33. The van der Waals surface area contributed by atoms with Crippen LogP contribution in [0.1, 0.15) is 30.9 Å². The Morgan fingerprint density at radius 3 is 2.43 bits per heavy atom. The summed E-state index contributed by atoms with van der Waals surface area (Å²) in [6, 6.07) is 11.4. The van der Waals surface area contributed by atoms with Crippen LogP contribution in [-0.4, -0.2) is 44.9 Å². The Hall–Kier alpha value is -2.55. The minimum atomic E-state index is -4.01. The highest BCUT2D eigenvalue weighted by Gasteiger charge is 2.29. The Morgan fingerprint density at radius 2 is 1.80 bits per heavy atom. The van der Waals surface area contributed by atoms with E-state index in [1.807, 2.05) is 24.3 Å². The highest BCUT2D eigenvalue weighted by Crippen LogP contribution is 2.24. The number of hydrogen-bond acceptors (Lipinski definition) is 4. The van der Waals surface area contributed by atoms with Gasteiger partial charge in [-0.3, -0.25) is 4.79 Å². The van der Waals surface area contributed by atoms with Crippen LogP contribution < -0.4 is 5.32 Å². The van der Waals surface area contributed by atoms with Gasteiger partial charge in [0.2, 0.25) is 15.9 Å². The first kappa shape index (κ1) is 22.1. The number of halogens is 1. The van der Waals surface area contributed by atoms with Gasteiger partial charge < -0.3 is 10.1 Å². The number of anilines is 1. The van der Waals surface area contributed by atoms with Gasteiger partial charge >= 0.3 is 0 Å². The molecule has 0 aliphatic carbocycles. The van der Waals surface area contributed by atoms with E-state index in [0.29, 0.717) is 5.92 Å². The highest BCUT2D eigenvalue weighted by molar-refractivity contribution is 7.89. The normalized spacial score (nSPS) is 15.6. The number of rotatable bonds is 6. The Morgan fingerprint density at radius 1 is 1.13 bits per heavy atom. The Balaban J connectivity index is 1.72. The molecule has 0 spiro atoms. The van der Waals surface area contributed by atoms with Crippen molar-refractivity contribution < 1.29 is 22.3 Å². The molecule has 160 valence electrons. The molecule has 1 heterocycles. The van der Waals surface area contributed by atoms with Gasteiger partial charge in [0.1, 0.15) is 10.7 Å². The van der Waals surface area contributed by atoms with Gasteiger partial charge in [-0.05, 0) is 41.3 Å². The van der Waals surface area contributed by atoms with E-state index < -0.39 is 26.6 Å². The molecule has 1 N–H and O–H groups in total. The molecule has 30 heavy (non-hydrogen) atoms. The number of amides is 1. The molecule has 1 aliphatic heterocycles. The van der Waals surface area contributed by atoms with Gasteiger partial charge in [-0.1, -0.05) is 38.1 Å². The lowest BCUT2D eigenvalue weighted by Crippen LogP contribution is -2.40. The van der Waals surface area contributed by atoms with Gasteiger partial charge in [-0.25, -0.2) is 12.8 Å². The second-order valence-electron chi connectivity index (χ2n) is 7.31. The molecule has 0 radical (unpaired) electrons. The zero-order valence-corrected chi connectivity index (χ0v) is 17.8. The molecular formula is C22H25FN2O4S. The van der Waals surface area contributed by atoms with E-state index in [1.165, 1.54) is 22.0 Å². The second kappa shape index (κ2) is 9.51. The summed E-state index contributed by atoms with van der Waals surface area (Å²) in [5, 5.41) is 2.58. The molecule has 1 saturated heterocycles. The molecule has 0 unspecified atom stereocenters. The molecule has 8 heteroatoms. The van der Waals surface area contributed by atoms with Crippen molar-refractivity contribution >= 4 is 27.7 Å². The number of benzene rings is 2. The number of carbonyl (C=O) groups excluding carboxylic acids is 1. The summed E-state index contributed by atoms with van der Waals surface area (Å²) < 4.78 is 46.1. The van der Waals surface area contributed by atoms with Crippen LogP contribution in [0.25, 0.3) is 6.08 Å². The number of sulfonamides is 1. The summed E-state index contributed by atoms with van der Waals surface area (Å²) in [5.74, 6) is -0.878. The van der Waals surface area contributed by atoms with Crippen molar-refractivity contribution in [3.05, 3.63) is 65.5 Å². The summed E-state index contributed by atoms with van der Waals surface area (Å²) in [6.45, 7) is 5.07. The second-order valence-corrected chi connectivity index (χ2v) is 9.21. The molecule has 2 aromatic carbocycles. The van der Waals surface area contributed by atoms with E-state index in [1.54, 1.807) is 6.08 Å². The molecule has 0 saturated carbocycles. The Bertz CT molecular complexity index is 1030. The summed E-state index contributed by atoms with van der Waals surface area (Å²) in [4.78, 5) is 11.8. The number of ether oxygens (including phenoxy) is 1. The maximum atomic E-state index is 14.3. The maximum Gasteiger partial charge on any atom is 0.248 e. The molecule has 0 atom stereocenters. The number of carbonyl (C=O) groups is 1. The molecule has 6 nitrogen and oxygen atoms in total. The van der Waals surface area contributed by atoms with Gasteiger partial charge in [-0.15, -0.1) is 0 Å². The van der Waals surface area contributed by atoms with Crippen molar-refractivity contribution in [2.45, 2.75) is 24.7 Å². The SMILES string of the molecule is CC(C)c1ccc(C=CC(=O)Nc2ccc(F)c(S(=O)(=O)N3CCOCC3)c2)cc1. The van der Waals surface area contributed by atoms with Crippen LogP contribution in [0.5, 0.6) is 0 Å². The molecule has 1 amide bonds. The monoisotopic (exact) mass is 432 g/mol. The minimum Gasteiger partial charge on any atom is -0.379 e. The highest BCUT2D eigenvalue weighted by atomic mass is 32.2. The van der Waals surface area contributed by atoms with Crippen molar-refractivity contribution in [2.75, 3.05) is 31.6 Å². The van der Waals surface area contributed by atoms with Crippen molar-refractivity contribution in [3.63, 3.8) is 0 Å². The molecule has 3 rings (SSSR count). The van der Waals surface area contributed by atoms with Gasteiger partial charge in [-0.2, -0.15) is 4.31 Å². The standard InChI is InChI=1S/C22H25FN2O4S/c1-16(2)18-6-3-17(4-7-18)5-10-22(26)24-19-8-9-20(23)21(15-19)30(27,28)25-11-13-29-14-12-25/h3-10,15-16H,11-14H2,1-2H3,(H,24,26). The summed E-state index contributed by atoms with van der Waals surface area (Å²) >= 11 is 0. The first-order valence-corrected chi connectivity index (χ1v) is 11.2. The van der Waals surface area contributed by atoms with Crippen molar-refractivity contribution in [2.24, 2.45) is 0 Å². The van der Waals surface area contributed by atoms with E-state index in [9.17, 15) is 17.6 Å². The number of morpholine rings is 1. The zero-order chi connectivity index (χ0) is 21.7. The van der Waals surface area contributed by atoms with Gasteiger partial charge in [0, 0.05) is 24.9 Å². The van der Waals surface area contributed by atoms with Crippen LogP contribution in [-0.2, 0) is 19.6 Å². The predicted molar refractivity (Wildman–Crippen MR) is 114 cm³/mol. The molecule has 1 aliphatic rings. The smallest absolute Gasteiger partial charge is 0.248 e. The molecule has 2 aromatic rings. The van der Waals surface area contributed by atoms with Crippen molar-refractivity contribution in [1.82, 2.24) is 4.31 Å². The third-order valence-electron chi connectivity index (χ3n) is 4.82. The predicted octanol–water partition coefficient (Wildman–Crippen LogP) is 3.62. The number of hydrogen-bond donors (Lipinski definition) is 1. The fraction of sp³-hybridized carbons (Fsp3) is 0.318. The lowest BCUT2D eigenvalue weighted by Gasteiger charge is -2.26. The Labute approximate surface area is 176 Å². The lowest BCUT2D eigenvalue weighted by molar-refractivity contribution is -0.111. The van der Waals surface area contributed by atoms with Crippen LogP contribution in [0.2, 0.25) is 0 Å². The first-order valence-electron chi connectivity index (χ1n) is 9.74. The molecular weight excluding hydrogens is 407 g/mol. The molecule has 0 bridgehead atoms. The van der Waals surface area contributed by atoms with Gasteiger partial charge in [0.15, 0.2) is 0 Å². The largest absolute Gasteiger partial charge is 0.379 e. The van der Waals surface area contributed by atoms with Crippen molar-refractivity contribution in [1.29, 1.82) is 0 Å². The zero-order valence-electron chi connectivity index (χ0n) is 17.0. The van der Waals surface area contributed by atoms with Gasteiger partial charge in [0.25, 0.3) is 0 Å². The molecule has 1 fully saturated rings. The summed E-state index contributed by atoms with van der Waals surface area (Å²) in [7, 11) is -4.01. The minimum absolute atomic E-state index is 0.163. The number of nitrogens with zero attached hydrogens (tertiary/aromatic N) is 1.